The molecule has 1 aromatic carbocycles. The van der Waals surface area contributed by atoms with Gasteiger partial charge < -0.3 is 15.2 Å². The summed E-state index contributed by atoms with van der Waals surface area (Å²) in [7, 11) is 0. The van der Waals surface area contributed by atoms with Crippen molar-refractivity contribution in [1.29, 1.82) is 0 Å². The minimum atomic E-state index is -0.587. The molecular formula is C13H18N2O5. The fourth-order valence-corrected chi connectivity index (χ4v) is 1.58. The maximum Gasteiger partial charge on any atom is 0.296 e. The van der Waals surface area contributed by atoms with E-state index in [9.17, 15) is 14.9 Å². The molecule has 0 aromatic heterocycles. The highest BCUT2D eigenvalue weighted by Crippen LogP contribution is 2.29. The summed E-state index contributed by atoms with van der Waals surface area (Å²) in [6.07, 6.45) is -0.185. The Bertz CT molecular complexity index is 488. The van der Waals surface area contributed by atoms with E-state index < -0.39 is 11.0 Å². The van der Waals surface area contributed by atoms with Crippen LogP contribution in [0, 0.1) is 10.1 Å². The lowest BCUT2D eigenvalue weighted by atomic mass is 10.2. The molecule has 1 aromatic rings. The summed E-state index contributed by atoms with van der Waals surface area (Å²) >= 11 is 0. The van der Waals surface area contributed by atoms with E-state index in [4.69, 9.17) is 9.84 Å². The second-order valence-electron chi connectivity index (χ2n) is 4.30. The van der Waals surface area contributed by atoms with Gasteiger partial charge in [-0.25, -0.2) is 0 Å². The molecule has 0 bridgehead atoms. The van der Waals surface area contributed by atoms with E-state index in [2.05, 4.69) is 5.32 Å². The number of ether oxygens (including phenoxy) is 1. The Kier molecular flexibility index (Phi) is 5.92. The first-order chi connectivity index (χ1) is 9.43. The molecule has 0 aliphatic carbocycles. The molecule has 0 saturated carbocycles. The number of carbonyl (C=O) groups is 1. The third kappa shape index (κ3) is 4.85. The van der Waals surface area contributed by atoms with Crippen LogP contribution in [0.25, 0.3) is 0 Å². The second-order valence-corrected chi connectivity index (χ2v) is 4.30. The molecule has 2 N–H and O–H groups in total. The Morgan fingerprint density at radius 2 is 2.25 bits per heavy atom. The molecule has 0 saturated heterocycles. The number of rotatable bonds is 7. The first kappa shape index (κ1) is 15.9. The van der Waals surface area contributed by atoms with Crippen LogP contribution >= 0.6 is 0 Å². The number of nitro benzene ring substituents is 1. The highest BCUT2D eigenvalue weighted by molar-refractivity contribution is 5.93. The first-order valence-electron chi connectivity index (χ1n) is 6.33. The van der Waals surface area contributed by atoms with Crippen molar-refractivity contribution in [3.8, 4) is 5.75 Å². The molecule has 1 amide bonds. The SMILES string of the molecule is CCOc1ccc(NC(=O)CCC(C)O)c([N+](=O)[O-])c1. The molecule has 1 unspecified atom stereocenters. The van der Waals surface area contributed by atoms with Gasteiger partial charge in [0, 0.05) is 6.42 Å². The van der Waals surface area contributed by atoms with Crippen molar-refractivity contribution >= 4 is 17.3 Å². The molecule has 7 heteroatoms. The molecule has 0 aliphatic heterocycles. The van der Waals surface area contributed by atoms with Crippen LogP contribution in [0.5, 0.6) is 5.75 Å². The lowest BCUT2D eigenvalue weighted by molar-refractivity contribution is -0.384. The lowest BCUT2D eigenvalue weighted by Crippen LogP contribution is -2.15. The van der Waals surface area contributed by atoms with E-state index in [1.165, 1.54) is 12.1 Å². The molecule has 1 atom stereocenters. The van der Waals surface area contributed by atoms with Crippen molar-refractivity contribution in [2.24, 2.45) is 0 Å². The largest absolute Gasteiger partial charge is 0.494 e. The Morgan fingerprint density at radius 1 is 1.55 bits per heavy atom. The zero-order valence-corrected chi connectivity index (χ0v) is 11.5. The van der Waals surface area contributed by atoms with Crippen LogP contribution in [-0.2, 0) is 4.79 Å². The predicted molar refractivity (Wildman–Crippen MR) is 73.8 cm³/mol. The Labute approximate surface area is 116 Å². The van der Waals surface area contributed by atoms with E-state index in [-0.39, 0.29) is 23.7 Å². The van der Waals surface area contributed by atoms with Crippen LogP contribution in [0.4, 0.5) is 11.4 Å². The average molecular weight is 282 g/mol. The van der Waals surface area contributed by atoms with Crippen LogP contribution in [0.1, 0.15) is 26.7 Å². The smallest absolute Gasteiger partial charge is 0.296 e. The summed E-state index contributed by atoms with van der Waals surface area (Å²) in [5.41, 5.74) is -0.101. The third-order valence-electron chi connectivity index (χ3n) is 2.54. The predicted octanol–water partition coefficient (Wildman–Crippen LogP) is 2.09. The van der Waals surface area contributed by atoms with Crippen molar-refractivity contribution in [1.82, 2.24) is 0 Å². The van der Waals surface area contributed by atoms with E-state index >= 15 is 0 Å². The second kappa shape index (κ2) is 7.44. The zero-order valence-electron chi connectivity index (χ0n) is 11.5. The number of nitro groups is 1. The Morgan fingerprint density at radius 3 is 2.80 bits per heavy atom. The minimum Gasteiger partial charge on any atom is -0.494 e. The van der Waals surface area contributed by atoms with Gasteiger partial charge >= 0.3 is 0 Å². The summed E-state index contributed by atoms with van der Waals surface area (Å²) in [5, 5.41) is 22.6. The minimum absolute atomic E-state index is 0.0992. The molecule has 0 radical (unpaired) electrons. The van der Waals surface area contributed by atoms with Gasteiger partial charge in [-0.1, -0.05) is 0 Å². The topological polar surface area (TPSA) is 102 Å². The third-order valence-corrected chi connectivity index (χ3v) is 2.54. The normalized spacial score (nSPS) is 11.8. The van der Waals surface area contributed by atoms with Gasteiger partial charge in [0.2, 0.25) is 5.91 Å². The van der Waals surface area contributed by atoms with Gasteiger partial charge in [-0.15, -0.1) is 0 Å². The Hall–Kier alpha value is -2.15. The molecule has 20 heavy (non-hydrogen) atoms. The summed E-state index contributed by atoms with van der Waals surface area (Å²) < 4.78 is 5.19. The Balaban J connectivity index is 2.83. The molecule has 0 heterocycles. The van der Waals surface area contributed by atoms with Crippen molar-refractivity contribution in [3.63, 3.8) is 0 Å². The van der Waals surface area contributed by atoms with Crippen LogP contribution in [0.3, 0.4) is 0 Å². The number of aliphatic hydroxyl groups is 1. The van der Waals surface area contributed by atoms with Gasteiger partial charge in [-0.3, -0.25) is 14.9 Å². The zero-order chi connectivity index (χ0) is 15.1. The maximum atomic E-state index is 11.6. The standard InChI is InChI=1S/C13H18N2O5/c1-3-20-10-5-6-11(12(8-10)15(18)19)14-13(17)7-4-9(2)16/h5-6,8-9,16H,3-4,7H2,1-2H3,(H,14,17). The lowest BCUT2D eigenvalue weighted by Gasteiger charge is -2.09. The summed E-state index contributed by atoms with van der Waals surface area (Å²) in [6, 6.07) is 4.26. The number of amides is 1. The van der Waals surface area contributed by atoms with Crippen molar-refractivity contribution < 1.29 is 19.6 Å². The molecular weight excluding hydrogens is 264 g/mol. The highest BCUT2D eigenvalue weighted by Gasteiger charge is 2.17. The van der Waals surface area contributed by atoms with Crippen LogP contribution < -0.4 is 10.1 Å². The van der Waals surface area contributed by atoms with Gasteiger partial charge in [0.15, 0.2) is 0 Å². The van der Waals surface area contributed by atoms with Crippen LogP contribution in [-0.4, -0.2) is 28.6 Å². The fraction of sp³-hybridized carbons (Fsp3) is 0.462. The van der Waals surface area contributed by atoms with Crippen LogP contribution in [0.15, 0.2) is 18.2 Å². The average Bonchev–Trinajstić information content (AvgIpc) is 2.38. The van der Waals surface area contributed by atoms with Crippen molar-refractivity contribution in [3.05, 3.63) is 28.3 Å². The molecule has 1 rings (SSSR count). The van der Waals surface area contributed by atoms with Crippen LogP contribution in [0.2, 0.25) is 0 Å². The summed E-state index contributed by atoms with van der Waals surface area (Å²) in [4.78, 5) is 22.0. The van der Waals surface area contributed by atoms with Crippen molar-refractivity contribution in [2.45, 2.75) is 32.8 Å². The van der Waals surface area contributed by atoms with Gasteiger partial charge in [0.05, 0.1) is 23.7 Å². The van der Waals surface area contributed by atoms with E-state index in [1.54, 1.807) is 19.9 Å². The molecule has 0 aliphatic rings. The highest BCUT2D eigenvalue weighted by atomic mass is 16.6. The van der Waals surface area contributed by atoms with Gasteiger partial charge in [-0.2, -0.15) is 0 Å². The van der Waals surface area contributed by atoms with E-state index in [1.807, 2.05) is 0 Å². The summed E-state index contributed by atoms with van der Waals surface area (Å²) in [6.45, 7) is 3.75. The number of carbonyl (C=O) groups excluding carboxylic acids is 1. The number of hydrogen-bond acceptors (Lipinski definition) is 5. The summed E-state index contributed by atoms with van der Waals surface area (Å²) in [5.74, 6) is -0.000612. The number of anilines is 1. The quantitative estimate of drug-likeness (QED) is 0.589. The number of hydrogen-bond donors (Lipinski definition) is 2. The maximum absolute atomic E-state index is 11.6. The van der Waals surface area contributed by atoms with E-state index in [0.29, 0.717) is 18.8 Å². The first-order valence-corrected chi connectivity index (χ1v) is 6.33. The molecule has 7 nitrogen and oxygen atoms in total. The van der Waals surface area contributed by atoms with E-state index in [0.717, 1.165) is 0 Å². The number of nitrogens with one attached hydrogen (secondary N) is 1. The number of benzene rings is 1. The molecule has 110 valence electrons. The van der Waals surface area contributed by atoms with Crippen molar-refractivity contribution in [2.75, 3.05) is 11.9 Å². The fourth-order valence-electron chi connectivity index (χ4n) is 1.58. The molecule has 0 fully saturated rings. The monoisotopic (exact) mass is 282 g/mol. The van der Waals surface area contributed by atoms with Gasteiger partial charge in [0.1, 0.15) is 11.4 Å². The number of nitrogens with zero attached hydrogens (tertiary/aromatic N) is 1. The van der Waals surface area contributed by atoms with Gasteiger partial charge in [-0.05, 0) is 32.4 Å². The van der Waals surface area contributed by atoms with Gasteiger partial charge in [0.25, 0.3) is 5.69 Å². The number of aliphatic hydroxyl groups excluding tert-OH is 1. The molecule has 0 spiro atoms.